The Morgan fingerprint density at radius 1 is 1.69 bits per heavy atom. The van der Waals surface area contributed by atoms with Crippen molar-refractivity contribution in [1.82, 2.24) is 0 Å². The second-order valence-electron chi connectivity index (χ2n) is 2.51. The second kappa shape index (κ2) is 3.75. The topological polar surface area (TPSA) is 73.5 Å². The summed E-state index contributed by atoms with van der Waals surface area (Å²) >= 11 is 0. The van der Waals surface area contributed by atoms with E-state index in [2.05, 4.69) is 0 Å². The van der Waals surface area contributed by atoms with Crippen LogP contribution in [0.2, 0.25) is 0 Å². The van der Waals surface area contributed by atoms with Crippen LogP contribution in [0.1, 0.15) is 5.69 Å². The molecule has 0 saturated carbocycles. The van der Waals surface area contributed by atoms with Gasteiger partial charge in [-0.3, -0.25) is 0 Å². The lowest BCUT2D eigenvalue weighted by molar-refractivity contribution is -0.612. The van der Waals surface area contributed by atoms with Crippen LogP contribution in [0.3, 0.4) is 0 Å². The molecule has 0 aliphatic heterocycles. The first-order valence-electron chi connectivity index (χ1n) is 3.64. The number of hydrogen-bond donors (Lipinski definition) is 1. The predicted octanol–water partition coefficient (Wildman–Crippen LogP) is 0.0918. The van der Waals surface area contributed by atoms with Crippen LogP contribution in [-0.4, -0.2) is 17.7 Å². The molecular weight excluding hydrogens is 174 g/mol. The Hall–Kier alpha value is -1.78. The fourth-order valence-corrected chi connectivity index (χ4v) is 0.767. The van der Waals surface area contributed by atoms with E-state index in [1.807, 2.05) is 0 Å². The Morgan fingerprint density at radius 2 is 2.38 bits per heavy atom. The van der Waals surface area contributed by atoms with Crippen LogP contribution >= 0.6 is 0 Å². The molecule has 0 saturated heterocycles. The maximum absolute atomic E-state index is 11.0. The van der Waals surface area contributed by atoms with E-state index in [1.54, 1.807) is 19.1 Å². The molecule has 0 aliphatic carbocycles. The molecule has 0 unspecified atom stereocenters. The molecular formula is C8H9NO4. The van der Waals surface area contributed by atoms with Gasteiger partial charge in [-0.2, -0.15) is 4.73 Å². The van der Waals surface area contributed by atoms with E-state index in [4.69, 9.17) is 9.84 Å². The molecule has 0 spiro atoms. The molecule has 0 aromatic carbocycles. The standard InChI is InChI=1S/C8H9NO4/c1-6-2-3-7(4-9(6)12)13-5-8(10)11/h2-4H,5H2,1H3,(H,10,11). The zero-order valence-electron chi connectivity index (χ0n) is 7.06. The van der Waals surface area contributed by atoms with Crippen molar-refractivity contribution in [3.05, 3.63) is 29.2 Å². The van der Waals surface area contributed by atoms with Crippen molar-refractivity contribution in [2.75, 3.05) is 6.61 Å². The highest BCUT2D eigenvalue weighted by molar-refractivity contribution is 5.68. The molecule has 0 bridgehead atoms. The first kappa shape index (κ1) is 9.31. The second-order valence-corrected chi connectivity index (χ2v) is 2.51. The van der Waals surface area contributed by atoms with E-state index in [0.29, 0.717) is 10.4 Å². The van der Waals surface area contributed by atoms with Gasteiger partial charge >= 0.3 is 5.97 Å². The molecule has 13 heavy (non-hydrogen) atoms. The molecule has 70 valence electrons. The fraction of sp³-hybridized carbons (Fsp3) is 0.250. The number of carbonyl (C=O) groups is 1. The minimum Gasteiger partial charge on any atom is -0.618 e. The van der Waals surface area contributed by atoms with Gasteiger partial charge in [-0.05, 0) is 6.07 Å². The number of rotatable bonds is 3. The van der Waals surface area contributed by atoms with Crippen molar-refractivity contribution in [2.45, 2.75) is 6.92 Å². The fourth-order valence-electron chi connectivity index (χ4n) is 0.767. The molecule has 1 rings (SSSR count). The Morgan fingerprint density at radius 3 is 2.92 bits per heavy atom. The molecule has 1 N–H and O–H groups in total. The molecule has 0 radical (unpaired) electrons. The minimum absolute atomic E-state index is 0.253. The molecule has 5 heteroatoms. The average molecular weight is 183 g/mol. The van der Waals surface area contributed by atoms with Crippen molar-refractivity contribution in [3.63, 3.8) is 0 Å². The number of carboxylic acids is 1. The number of ether oxygens (including phenoxy) is 1. The van der Waals surface area contributed by atoms with Crippen LogP contribution in [0, 0.1) is 12.1 Å². The molecule has 0 aliphatic rings. The Bertz CT molecular complexity index is 324. The van der Waals surface area contributed by atoms with Crippen molar-refractivity contribution in [3.8, 4) is 5.75 Å². The highest BCUT2D eigenvalue weighted by atomic mass is 16.5. The lowest BCUT2D eigenvalue weighted by atomic mass is 10.4. The van der Waals surface area contributed by atoms with Crippen LogP contribution in [-0.2, 0) is 4.79 Å². The third-order valence-electron chi connectivity index (χ3n) is 1.44. The van der Waals surface area contributed by atoms with Gasteiger partial charge in [0.05, 0.1) is 0 Å². The maximum Gasteiger partial charge on any atom is 0.341 e. The number of aliphatic carboxylic acids is 1. The summed E-state index contributed by atoms with van der Waals surface area (Å²) < 4.78 is 5.41. The van der Waals surface area contributed by atoms with Gasteiger partial charge in [0, 0.05) is 13.0 Å². The Labute approximate surface area is 74.8 Å². The highest BCUT2D eigenvalue weighted by Gasteiger charge is 2.04. The Kier molecular flexibility index (Phi) is 2.69. The quantitative estimate of drug-likeness (QED) is 0.532. The minimum atomic E-state index is -1.07. The number of hydrogen-bond acceptors (Lipinski definition) is 3. The van der Waals surface area contributed by atoms with Gasteiger partial charge in [-0.1, -0.05) is 0 Å². The SMILES string of the molecule is Cc1ccc(OCC(=O)O)c[n+]1[O-]. The summed E-state index contributed by atoms with van der Waals surface area (Å²) in [6.45, 7) is 1.21. The van der Waals surface area contributed by atoms with E-state index in [0.717, 1.165) is 0 Å². The smallest absolute Gasteiger partial charge is 0.341 e. The zero-order chi connectivity index (χ0) is 9.84. The Balaban J connectivity index is 2.68. The van der Waals surface area contributed by atoms with Gasteiger partial charge in [-0.25, -0.2) is 4.79 Å². The summed E-state index contributed by atoms with van der Waals surface area (Å²) in [6.07, 6.45) is 1.19. The molecule has 1 aromatic heterocycles. The molecule has 0 fully saturated rings. The van der Waals surface area contributed by atoms with E-state index in [1.165, 1.54) is 6.20 Å². The van der Waals surface area contributed by atoms with Crippen molar-refractivity contribution in [2.24, 2.45) is 0 Å². The van der Waals surface area contributed by atoms with Gasteiger partial charge in [-0.15, -0.1) is 0 Å². The molecule has 1 aromatic rings. The summed E-state index contributed by atoms with van der Waals surface area (Å²) in [6, 6.07) is 3.11. The van der Waals surface area contributed by atoms with E-state index in [-0.39, 0.29) is 5.75 Å². The van der Waals surface area contributed by atoms with Gasteiger partial charge < -0.3 is 15.1 Å². The van der Waals surface area contributed by atoms with E-state index in [9.17, 15) is 10.0 Å². The molecule has 0 amide bonds. The molecule has 0 atom stereocenters. The van der Waals surface area contributed by atoms with Gasteiger partial charge in [0.15, 0.2) is 18.1 Å². The number of nitrogens with zero attached hydrogens (tertiary/aromatic N) is 1. The van der Waals surface area contributed by atoms with Crippen molar-refractivity contribution in [1.29, 1.82) is 0 Å². The monoisotopic (exact) mass is 183 g/mol. The summed E-state index contributed by atoms with van der Waals surface area (Å²) in [4.78, 5) is 10.1. The molecule has 5 nitrogen and oxygen atoms in total. The van der Waals surface area contributed by atoms with Crippen LogP contribution in [0.15, 0.2) is 18.3 Å². The summed E-state index contributed by atoms with van der Waals surface area (Å²) in [5.74, 6) is -0.818. The lowest BCUT2D eigenvalue weighted by Crippen LogP contribution is -2.29. The van der Waals surface area contributed by atoms with Crippen LogP contribution in [0.5, 0.6) is 5.75 Å². The number of aromatic nitrogens is 1. The third kappa shape index (κ3) is 2.62. The van der Waals surface area contributed by atoms with Crippen LogP contribution < -0.4 is 9.47 Å². The maximum atomic E-state index is 11.0. The van der Waals surface area contributed by atoms with Gasteiger partial charge in [0.25, 0.3) is 0 Å². The largest absolute Gasteiger partial charge is 0.618 e. The van der Waals surface area contributed by atoms with Crippen LogP contribution in [0.25, 0.3) is 0 Å². The first-order chi connectivity index (χ1) is 6.09. The third-order valence-corrected chi connectivity index (χ3v) is 1.44. The lowest BCUT2D eigenvalue weighted by Gasteiger charge is -2.03. The highest BCUT2D eigenvalue weighted by Crippen LogP contribution is 2.06. The predicted molar refractivity (Wildman–Crippen MR) is 43.3 cm³/mol. The number of pyridine rings is 1. The van der Waals surface area contributed by atoms with Crippen LogP contribution in [0.4, 0.5) is 0 Å². The summed E-state index contributed by atoms with van der Waals surface area (Å²) in [5, 5.41) is 19.3. The first-order valence-corrected chi connectivity index (χ1v) is 3.64. The summed E-state index contributed by atoms with van der Waals surface area (Å²) in [7, 11) is 0. The normalized spacial score (nSPS) is 9.62. The molecule has 1 heterocycles. The van der Waals surface area contributed by atoms with Crippen molar-refractivity contribution >= 4 is 5.97 Å². The van der Waals surface area contributed by atoms with Crippen molar-refractivity contribution < 1.29 is 19.4 Å². The van der Waals surface area contributed by atoms with Gasteiger partial charge in [0.2, 0.25) is 6.20 Å². The zero-order valence-corrected chi connectivity index (χ0v) is 7.06. The summed E-state index contributed by atoms with van der Waals surface area (Å²) in [5.41, 5.74) is 0.530. The van der Waals surface area contributed by atoms with E-state index < -0.39 is 12.6 Å². The number of carboxylic acid groups (broad SMARTS) is 1. The number of aryl methyl sites for hydroxylation is 1. The van der Waals surface area contributed by atoms with Gasteiger partial charge in [0.1, 0.15) is 0 Å². The average Bonchev–Trinajstić information content (AvgIpc) is 2.07. The van der Waals surface area contributed by atoms with E-state index >= 15 is 0 Å².